The van der Waals surface area contributed by atoms with Gasteiger partial charge in [-0.1, -0.05) is 53.0 Å². The van der Waals surface area contributed by atoms with E-state index < -0.39 is 11.7 Å². The molecule has 1 amide bonds. The van der Waals surface area contributed by atoms with E-state index in [4.69, 9.17) is 34.8 Å². The summed E-state index contributed by atoms with van der Waals surface area (Å²) in [7, 11) is 0. The molecule has 2 aromatic heterocycles. The van der Waals surface area contributed by atoms with Gasteiger partial charge in [-0.05, 0) is 42.8 Å². The van der Waals surface area contributed by atoms with E-state index >= 15 is 0 Å². The number of anilines is 1. The number of rotatable bonds is 3. The molecule has 0 atom stereocenters. The van der Waals surface area contributed by atoms with Crippen molar-refractivity contribution in [1.82, 2.24) is 9.38 Å². The first-order valence-corrected chi connectivity index (χ1v) is 9.68. The quantitative estimate of drug-likeness (QED) is 0.381. The molecule has 0 aliphatic rings. The number of pyridine rings is 1. The SMILES string of the molecule is Cc1cccn2c(NC(=O)c3c(F)cccc3Cl)c(-c3ccc(Cl)c(Cl)c3)nc12. The Kier molecular flexibility index (Phi) is 5.21. The summed E-state index contributed by atoms with van der Waals surface area (Å²) in [4.78, 5) is 17.5. The number of benzene rings is 2. The summed E-state index contributed by atoms with van der Waals surface area (Å²) in [6.07, 6.45) is 1.76. The zero-order valence-corrected chi connectivity index (χ0v) is 17.3. The lowest BCUT2D eigenvalue weighted by molar-refractivity contribution is 0.102. The van der Waals surface area contributed by atoms with Crippen LogP contribution in [-0.4, -0.2) is 15.3 Å². The number of imidazole rings is 1. The molecule has 146 valence electrons. The maximum Gasteiger partial charge on any atom is 0.261 e. The average molecular weight is 449 g/mol. The number of hydrogen-bond acceptors (Lipinski definition) is 2. The molecule has 0 fully saturated rings. The lowest BCUT2D eigenvalue weighted by Crippen LogP contribution is -2.16. The van der Waals surface area contributed by atoms with Crippen LogP contribution in [0.1, 0.15) is 15.9 Å². The second kappa shape index (κ2) is 7.67. The molecule has 0 spiro atoms. The fourth-order valence-electron chi connectivity index (χ4n) is 3.05. The molecule has 1 N–H and O–H groups in total. The molecule has 0 saturated heterocycles. The molecule has 8 heteroatoms. The van der Waals surface area contributed by atoms with Crippen molar-refractivity contribution in [1.29, 1.82) is 0 Å². The van der Waals surface area contributed by atoms with Crippen LogP contribution in [0.25, 0.3) is 16.9 Å². The molecule has 4 rings (SSSR count). The average Bonchev–Trinajstić information content (AvgIpc) is 3.04. The number of aryl methyl sites for hydroxylation is 1. The monoisotopic (exact) mass is 447 g/mol. The zero-order chi connectivity index (χ0) is 20.7. The number of aromatic nitrogens is 2. The molecule has 0 saturated carbocycles. The molecule has 0 aliphatic heterocycles. The lowest BCUT2D eigenvalue weighted by atomic mass is 10.1. The van der Waals surface area contributed by atoms with Crippen LogP contribution in [0.3, 0.4) is 0 Å². The fourth-order valence-corrected chi connectivity index (χ4v) is 3.60. The molecular formula is C21H13Cl3FN3O. The van der Waals surface area contributed by atoms with Crippen LogP contribution in [0.5, 0.6) is 0 Å². The Labute approximate surface area is 180 Å². The van der Waals surface area contributed by atoms with E-state index in [2.05, 4.69) is 10.3 Å². The summed E-state index contributed by atoms with van der Waals surface area (Å²) in [5, 5.41) is 3.53. The molecule has 0 bridgehead atoms. The van der Waals surface area contributed by atoms with Gasteiger partial charge in [-0.2, -0.15) is 0 Å². The number of halogens is 4. The van der Waals surface area contributed by atoms with Crippen LogP contribution in [0.15, 0.2) is 54.7 Å². The van der Waals surface area contributed by atoms with E-state index in [0.29, 0.717) is 32.8 Å². The fraction of sp³-hybridized carbons (Fsp3) is 0.0476. The highest BCUT2D eigenvalue weighted by molar-refractivity contribution is 6.42. The molecule has 0 radical (unpaired) electrons. The summed E-state index contributed by atoms with van der Waals surface area (Å²) in [6, 6.07) is 12.9. The van der Waals surface area contributed by atoms with Gasteiger partial charge >= 0.3 is 0 Å². The van der Waals surface area contributed by atoms with Crippen molar-refractivity contribution in [2.75, 3.05) is 5.32 Å². The normalized spacial score (nSPS) is 11.1. The second-order valence-electron chi connectivity index (χ2n) is 6.37. The third-order valence-corrected chi connectivity index (χ3v) is 5.51. The smallest absolute Gasteiger partial charge is 0.261 e. The van der Waals surface area contributed by atoms with E-state index in [9.17, 15) is 9.18 Å². The Morgan fingerprint density at radius 1 is 1.03 bits per heavy atom. The number of carbonyl (C=O) groups is 1. The van der Waals surface area contributed by atoms with Crippen molar-refractivity contribution in [2.45, 2.75) is 6.92 Å². The van der Waals surface area contributed by atoms with Crippen molar-refractivity contribution in [3.8, 4) is 11.3 Å². The van der Waals surface area contributed by atoms with Crippen molar-refractivity contribution in [3.63, 3.8) is 0 Å². The summed E-state index contributed by atoms with van der Waals surface area (Å²) in [5.41, 5.74) is 2.43. The van der Waals surface area contributed by atoms with Gasteiger partial charge in [-0.3, -0.25) is 9.20 Å². The van der Waals surface area contributed by atoms with Crippen LogP contribution in [0, 0.1) is 12.7 Å². The van der Waals surface area contributed by atoms with Gasteiger partial charge in [-0.25, -0.2) is 9.37 Å². The van der Waals surface area contributed by atoms with Crippen LogP contribution >= 0.6 is 34.8 Å². The second-order valence-corrected chi connectivity index (χ2v) is 7.60. The Morgan fingerprint density at radius 3 is 2.55 bits per heavy atom. The molecular weight excluding hydrogens is 436 g/mol. The first kappa shape index (κ1) is 19.7. The largest absolute Gasteiger partial charge is 0.306 e. The molecule has 4 nitrogen and oxygen atoms in total. The van der Waals surface area contributed by atoms with Gasteiger partial charge in [0.15, 0.2) is 0 Å². The molecule has 2 heterocycles. The first-order chi connectivity index (χ1) is 13.9. The highest BCUT2D eigenvalue weighted by Gasteiger charge is 2.22. The number of fused-ring (bicyclic) bond motifs is 1. The van der Waals surface area contributed by atoms with Gasteiger partial charge in [0.05, 0.1) is 20.6 Å². The number of hydrogen-bond donors (Lipinski definition) is 1. The van der Waals surface area contributed by atoms with Gasteiger partial charge in [0.2, 0.25) is 0 Å². The maximum absolute atomic E-state index is 14.2. The number of amides is 1. The third-order valence-electron chi connectivity index (χ3n) is 4.46. The van der Waals surface area contributed by atoms with Gasteiger partial charge in [0, 0.05) is 11.8 Å². The molecule has 2 aromatic carbocycles. The van der Waals surface area contributed by atoms with Gasteiger partial charge < -0.3 is 5.32 Å². The van der Waals surface area contributed by atoms with Gasteiger partial charge in [0.1, 0.15) is 23.0 Å². The van der Waals surface area contributed by atoms with Gasteiger partial charge in [-0.15, -0.1) is 0 Å². The standard InChI is InChI=1S/C21H13Cl3FN3O/c1-11-4-3-9-28-19(11)26-18(12-7-8-13(22)15(24)10-12)20(28)27-21(29)17-14(23)5-2-6-16(17)25/h2-10H,1H3,(H,27,29). The lowest BCUT2D eigenvalue weighted by Gasteiger charge is -2.10. The molecule has 29 heavy (non-hydrogen) atoms. The predicted molar refractivity (Wildman–Crippen MR) is 115 cm³/mol. The van der Waals surface area contributed by atoms with Crippen LogP contribution in [0.4, 0.5) is 10.2 Å². The minimum atomic E-state index is -0.712. The Morgan fingerprint density at radius 2 is 1.83 bits per heavy atom. The summed E-state index contributed by atoms with van der Waals surface area (Å²) in [6.45, 7) is 1.90. The maximum atomic E-state index is 14.2. The minimum absolute atomic E-state index is 0.0172. The summed E-state index contributed by atoms with van der Waals surface area (Å²) in [5.74, 6) is -1.03. The van der Waals surface area contributed by atoms with E-state index in [-0.39, 0.29) is 10.6 Å². The van der Waals surface area contributed by atoms with Crippen molar-refractivity contribution >= 4 is 52.2 Å². The Balaban J connectivity index is 1.89. The highest BCUT2D eigenvalue weighted by atomic mass is 35.5. The zero-order valence-electron chi connectivity index (χ0n) is 15.0. The minimum Gasteiger partial charge on any atom is -0.306 e. The Bertz CT molecular complexity index is 1250. The van der Waals surface area contributed by atoms with Crippen LogP contribution in [-0.2, 0) is 0 Å². The topological polar surface area (TPSA) is 46.4 Å². The summed E-state index contributed by atoms with van der Waals surface area (Å²) >= 11 is 18.2. The predicted octanol–water partition coefficient (Wildman–Crippen LogP) is 6.66. The van der Waals surface area contributed by atoms with E-state index in [1.165, 1.54) is 18.2 Å². The van der Waals surface area contributed by atoms with Crippen LogP contribution < -0.4 is 5.32 Å². The molecule has 0 unspecified atom stereocenters. The number of nitrogens with zero attached hydrogens (tertiary/aromatic N) is 2. The van der Waals surface area contributed by atoms with E-state index in [1.807, 2.05) is 19.1 Å². The number of nitrogens with one attached hydrogen (secondary N) is 1. The third kappa shape index (κ3) is 3.57. The van der Waals surface area contributed by atoms with E-state index in [0.717, 1.165) is 5.56 Å². The number of carbonyl (C=O) groups excluding carboxylic acids is 1. The van der Waals surface area contributed by atoms with Crippen molar-refractivity contribution in [2.24, 2.45) is 0 Å². The first-order valence-electron chi connectivity index (χ1n) is 8.55. The van der Waals surface area contributed by atoms with E-state index in [1.54, 1.807) is 28.8 Å². The summed E-state index contributed by atoms with van der Waals surface area (Å²) < 4.78 is 16.0. The molecule has 0 aliphatic carbocycles. The van der Waals surface area contributed by atoms with Crippen LogP contribution in [0.2, 0.25) is 15.1 Å². The van der Waals surface area contributed by atoms with Crippen molar-refractivity contribution < 1.29 is 9.18 Å². The Hall–Kier alpha value is -2.60. The molecule has 4 aromatic rings. The van der Waals surface area contributed by atoms with Gasteiger partial charge in [0.25, 0.3) is 5.91 Å². The van der Waals surface area contributed by atoms with Crippen molar-refractivity contribution in [3.05, 3.63) is 86.7 Å². The highest BCUT2D eigenvalue weighted by Crippen LogP contribution is 2.34.